The molecule has 0 saturated carbocycles. The van der Waals surface area contributed by atoms with Gasteiger partial charge in [0, 0.05) is 0 Å². The Morgan fingerprint density at radius 2 is 1.04 bits per heavy atom. The van der Waals surface area contributed by atoms with Crippen molar-refractivity contribution in [3.05, 3.63) is 46.6 Å². The lowest BCUT2D eigenvalue weighted by Gasteiger charge is -1.98. The fourth-order valence-corrected chi connectivity index (χ4v) is 2.18. The Kier molecular flexibility index (Phi) is 25.7. The van der Waals surface area contributed by atoms with Gasteiger partial charge in [0.05, 0.1) is 0 Å². The van der Waals surface area contributed by atoms with Crippen LogP contribution in [0.4, 0.5) is 0 Å². The van der Waals surface area contributed by atoms with Crippen molar-refractivity contribution in [1.82, 2.24) is 0 Å². The molecule has 1 heteroatoms. The molecular weight excluding hydrogens is 304 g/mol. The third kappa shape index (κ3) is 27.7. The van der Waals surface area contributed by atoms with Gasteiger partial charge in [-0.2, -0.15) is 0 Å². The van der Waals surface area contributed by atoms with Gasteiger partial charge >= 0.3 is 0 Å². The van der Waals surface area contributed by atoms with Crippen LogP contribution in [0.1, 0.15) is 100 Å². The summed E-state index contributed by atoms with van der Waals surface area (Å²) in [6, 6.07) is 0. The molecule has 0 aromatic rings. The molecule has 0 aliphatic heterocycles. The topological polar surface area (TPSA) is 17.1 Å². The molecule has 0 aliphatic rings. The molecule has 0 saturated heterocycles. The molecule has 0 rings (SSSR count). The second-order valence-electron chi connectivity index (χ2n) is 6.68. The summed E-state index contributed by atoms with van der Waals surface area (Å²) in [5.74, 6) is 0. The van der Waals surface area contributed by atoms with Crippen molar-refractivity contribution >= 4 is 6.79 Å². The number of hydrogen-bond acceptors (Lipinski definition) is 1. The van der Waals surface area contributed by atoms with E-state index in [1.54, 1.807) is 0 Å². The minimum absolute atomic E-state index is 1.17. The van der Waals surface area contributed by atoms with Crippen LogP contribution in [0.15, 0.2) is 46.6 Å². The Hall–Kier alpha value is -1.37. The average Bonchev–Trinajstić information content (AvgIpc) is 2.57. The minimum Gasteiger partial charge on any atom is -0.307 e. The molecule has 0 aromatic carbocycles. The van der Waals surface area contributed by atoms with Gasteiger partial charge in [0.25, 0.3) is 0 Å². The van der Waals surface area contributed by atoms with E-state index >= 15 is 0 Å². The summed E-state index contributed by atoms with van der Waals surface area (Å²) < 4.78 is 0. The van der Waals surface area contributed by atoms with Gasteiger partial charge < -0.3 is 4.79 Å². The molecule has 1 nitrogen and oxygen atoms in total. The molecule has 0 atom stereocenters. The van der Waals surface area contributed by atoms with Gasteiger partial charge in [0.15, 0.2) is 0 Å². The van der Waals surface area contributed by atoms with E-state index in [-0.39, 0.29) is 0 Å². The maximum Gasteiger partial charge on any atom is 0.106 e. The van der Waals surface area contributed by atoms with Gasteiger partial charge in [-0.1, -0.05) is 67.4 Å². The molecule has 146 valence electrons. The van der Waals surface area contributed by atoms with E-state index in [1.165, 1.54) is 67.2 Å². The first kappa shape index (κ1) is 28.4. The Morgan fingerprint density at radius 1 is 0.640 bits per heavy atom. The van der Waals surface area contributed by atoms with Gasteiger partial charge in [-0.3, -0.25) is 0 Å². The zero-order valence-corrected chi connectivity index (χ0v) is 18.4. The second-order valence-corrected chi connectivity index (χ2v) is 6.68. The zero-order chi connectivity index (χ0) is 20.1. The van der Waals surface area contributed by atoms with Gasteiger partial charge in [-0.05, 0) is 79.6 Å². The zero-order valence-electron chi connectivity index (χ0n) is 18.4. The van der Waals surface area contributed by atoms with Crippen LogP contribution < -0.4 is 0 Å². The van der Waals surface area contributed by atoms with E-state index in [2.05, 4.69) is 79.7 Å². The summed E-state index contributed by atoms with van der Waals surface area (Å²) in [5, 5.41) is 0. The predicted octanol–water partition coefficient (Wildman–Crippen LogP) is 8.38. The highest BCUT2D eigenvalue weighted by atomic mass is 16.1. The number of hydrogen-bond donors (Lipinski definition) is 0. The fraction of sp³-hybridized carbons (Fsp3) is 0.625. The third-order valence-electron chi connectivity index (χ3n) is 3.79. The molecular formula is C24H44O. The van der Waals surface area contributed by atoms with Crippen LogP contribution in [0, 0.1) is 0 Å². The number of rotatable bonds is 9. The molecule has 0 spiro atoms. The summed E-state index contributed by atoms with van der Waals surface area (Å²) in [7, 11) is 0. The van der Waals surface area contributed by atoms with Crippen LogP contribution >= 0.6 is 0 Å². The Morgan fingerprint density at radius 3 is 1.36 bits per heavy atom. The van der Waals surface area contributed by atoms with Gasteiger partial charge in [0.1, 0.15) is 6.79 Å². The first-order valence-electron chi connectivity index (χ1n) is 9.76. The summed E-state index contributed by atoms with van der Waals surface area (Å²) in [6.45, 7) is 19.5. The second kappa shape index (κ2) is 22.6. The normalized spacial score (nSPS) is 11.8. The van der Waals surface area contributed by atoms with Crippen LogP contribution in [0.3, 0.4) is 0 Å². The lowest BCUT2D eigenvalue weighted by molar-refractivity contribution is -0.0979. The Bertz CT molecular complexity index is 404. The van der Waals surface area contributed by atoms with Crippen molar-refractivity contribution < 1.29 is 4.79 Å². The van der Waals surface area contributed by atoms with Crippen LogP contribution in [0.5, 0.6) is 0 Å². The van der Waals surface area contributed by atoms with Crippen LogP contribution in [0.2, 0.25) is 0 Å². The maximum absolute atomic E-state index is 8.00. The minimum atomic E-state index is 1.17. The van der Waals surface area contributed by atoms with E-state index in [0.29, 0.717) is 0 Å². The molecule has 0 fully saturated rings. The van der Waals surface area contributed by atoms with E-state index in [9.17, 15) is 0 Å². The molecule has 25 heavy (non-hydrogen) atoms. The lowest BCUT2D eigenvalue weighted by atomic mass is 10.1. The van der Waals surface area contributed by atoms with Gasteiger partial charge in [0.2, 0.25) is 0 Å². The quantitative estimate of drug-likeness (QED) is 0.382. The largest absolute Gasteiger partial charge is 0.307 e. The van der Waals surface area contributed by atoms with Crippen LogP contribution in [-0.2, 0) is 4.79 Å². The molecule has 0 amide bonds. The monoisotopic (exact) mass is 348 g/mol. The summed E-state index contributed by atoms with van der Waals surface area (Å²) in [4.78, 5) is 8.00. The molecule has 0 radical (unpaired) electrons. The van der Waals surface area contributed by atoms with Crippen molar-refractivity contribution in [2.75, 3.05) is 0 Å². The standard InChI is InChI=1S/C12H22.C11H20.CH2O/c1-5-8-12(4)10-7-9-11(3)6-2;1-5-7-11(4)9-6-8-10(2)3;1-2/h8-9H,5-7,10H2,1-4H3;7-8H,5-6,9H2,1-4H3;1H2/b11-9+,12-8+;11-7+;. The number of carbonyl (C=O) groups excluding carboxylic acids is 1. The van der Waals surface area contributed by atoms with Crippen molar-refractivity contribution in [1.29, 1.82) is 0 Å². The first-order chi connectivity index (χ1) is 11.9. The number of allylic oxidation sites excluding steroid dienone is 8. The highest BCUT2D eigenvalue weighted by Gasteiger charge is 1.88. The molecule has 0 aromatic heterocycles. The van der Waals surface area contributed by atoms with Gasteiger partial charge in [-0.25, -0.2) is 0 Å². The van der Waals surface area contributed by atoms with Crippen LogP contribution in [-0.4, -0.2) is 6.79 Å². The Balaban J connectivity index is -0.000000353. The first-order valence-corrected chi connectivity index (χ1v) is 9.76. The summed E-state index contributed by atoms with van der Waals surface area (Å²) in [6.07, 6.45) is 17.7. The molecule has 0 aliphatic carbocycles. The predicted molar refractivity (Wildman–Crippen MR) is 117 cm³/mol. The van der Waals surface area contributed by atoms with Crippen molar-refractivity contribution in [2.24, 2.45) is 0 Å². The van der Waals surface area contributed by atoms with E-state index in [0.717, 1.165) is 0 Å². The van der Waals surface area contributed by atoms with Crippen molar-refractivity contribution in [3.63, 3.8) is 0 Å². The Labute approximate surface area is 159 Å². The molecule has 0 bridgehead atoms. The summed E-state index contributed by atoms with van der Waals surface area (Å²) >= 11 is 0. The van der Waals surface area contributed by atoms with Crippen molar-refractivity contribution in [3.8, 4) is 0 Å². The fourth-order valence-electron chi connectivity index (χ4n) is 2.18. The SMILES string of the molecule is C=O.CC/C=C(\C)CC/C=C(\C)CC.CC/C=C(\C)CCC=C(C)C. The molecule has 0 heterocycles. The molecule has 0 N–H and O–H groups in total. The lowest BCUT2D eigenvalue weighted by Crippen LogP contribution is -1.77. The maximum atomic E-state index is 8.00. The van der Waals surface area contributed by atoms with E-state index in [4.69, 9.17) is 4.79 Å². The van der Waals surface area contributed by atoms with E-state index < -0.39 is 0 Å². The highest BCUT2D eigenvalue weighted by Crippen LogP contribution is 2.08. The smallest absolute Gasteiger partial charge is 0.106 e. The number of carbonyl (C=O) groups is 1. The van der Waals surface area contributed by atoms with E-state index in [1.807, 2.05) is 6.79 Å². The van der Waals surface area contributed by atoms with Crippen molar-refractivity contribution in [2.45, 2.75) is 100 Å². The highest BCUT2D eigenvalue weighted by molar-refractivity contribution is 5.11. The van der Waals surface area contributed by atoms with Crippen LogP contribution in [0.25, 0.3) is 0 Å². The summed E-state index contributed by atoms with van der Waals surface area (Å²) in [5.41, 5.74) is 5.98. The van der Waals surface area contributed by atoms with Gasteiger partial charge in [-0.15, -0.1) is 0 Å². The average molecular weight is 349 g/mol. The molecule has 0 unspecified atom stereocenters. The third-order valence-corrected chi connectivity index (χ3v) is 3.79.